The van der Waals surface area contributed by atoms with Crippen LogP contribution in [-0.4, -0.2) is 30.1 Å². The predicted octanol–water partition coefficient (Wildman–Crippen LogP) is 3.49. The van der Waals surface area contributed by atoms with E-state index in [2.05, 4.69) is 71.8 Å². The maximum Gasteiger partial charge on any atom is 0.0400 e. The van der Waals surface area contributed by atoms with Crippen LogP contribution >= 0.6 is 22.6 Å². The summed E-state index contributed by atoms with van der Waals surface area (Å²) in [4.78, 5) is 2.54. The zero-order valence-corrected chi connectivity index (χ0v) is 13.0. The molecule has 1 aliphatic heterocycles. The number of benzene rings is 1. The maximum atomic E-state index is 3.69. The Morgan fingerprint density at radius 3 is 2.82 bits per heavy atom. The fourth-order valence-corrected chi connectivity index (χ4v) is 2.83. The Kier molecular flexibility index (Phi) is 4.31. The largest absolute Gasteiger partial charge is 0.381 e. The lowest BCUT2D eigenvalue weighted by Gasteiger charge is -2.21. The minimum absolute atomic E-state index is 0.606. The molecule has 0 spiro atoms. The SMILES string of the molecule is Cc1ccc(I)cc1NC1CCN(C(C)C)C1. The zero-order valence-electron chi connectivity index (χ0n) is 10.8. The first-order chi connectivity index (χ1) is 8.06. The first kappa shape index (κ1) is 13.1. The highest BCUT2D eigenvalue weighted by atomic mass is 127. The molecule has 0 radical (unpaired) electrons. The van der Waals surface area contributed by atoms with E-state index < -0.39 is 0 Å². The van der Waals surface area contributed by atoms with E-state index in [4.69, 9.17) is 0 Å². The maximum absolute atomic E-state index is 3.69. The lowest BCUT2D eigenvalue weighted by Crippen LogP contribution is -2.31. The summed E-state index contributed by atoms with van der Waals surface area (Å²) in [6.45, 7) is 9.12. The summed E-state index contributed by atoms with van der Waals surface area (Å²) in [5.41, 5.74) is 2.64. The number of likely N-dealkylation sites (tertiary alicyclic amines) is 1. The Bertz CT molecular complexity index is 390. The molecule has 0 bridgehead atoms. The summed E-state index contributed by atoms with van der Waals surface area (Å²) in [7, 11) is 0. The van der Waals surface area contributed by atoms with Gasteiger partial charge in [0.2, 0.25) is 0 Å². The van der Waals surface area contributed by atoms with Crippen molar-refractivity contribution in [3.8, 4) is 0 Å². The van der Waals surface area contributed by atoms with E-state index in [-0.39, 0.29) is 0 Å². The van der Waals surface area contributed by atoms with Crippen LogP contribution in [0.4, 0.5) is 5.69 Å². The molecule has 0 aromatic heterocycles. The minimum atomic E-state index is 0.606. The summed E-state index contributed by atoms with van der Waals surface area (Å²) >= 11 is 2.37. The lowest BCUT2D eigenvalue weighted by atomic mass is 10.1. The monoisotopic (exact) mass is 344 g/mol. The van der Waals surface area contributed by atoms with Gasteiger partial charge >= 0.3 is 0 Å². The average molecular weight is 344 g/mol. The molecule has 1 saturated heterocycles. The number of aryl methyl sites for hydroxylation is 1. The third-order valence-corrected chi connectivity index (χ3v) is 4.18. The van der Waals surface area contributed by atoms with Gasteiger partial charge in [-0.25, -0.2) is 0 Å². The molecule has 0 amide bonds. The lowest BCUT2D eigenvalue weighted by molar-refractivity contribution is 0.274. The minimum Gasteiger partial charge on any atom is -0.381 e. The predicted molar refractivity (Wildman–Crippen MR) is 82.6 cm³/mol. The quantitative estimate of drug-likeness (QED) is 0.845. The van der Waals surface area contributed by atoms with Crippen molar-refractivity contribution in [2.24, 2.45) is 0 Å². The van der Waals surface area contributed by atoms with Crippen LogP contribution in [0.5, 0.6) is 0 Å². The number of halogens is 1. The molecular weight excluding hydrogens is 323 g/mol. The summed E-state index contributed by atoms with van der Waals surface area (Å²) in [5.74, 6) is 0. The molecule has 2 nitrogen and oxygen atoms in total. The molecule has 1 heterocycles. The second-order valence-corrected chi connectivity index (χ2v) is 6.42. The van der Waals surface area contributed by atoms with Crippen LogP contribution in [0, 0.1) is 10.5 Å². The van der Waals surface area contributed by atoms with E-state index in [0.717, 1.165) is 0 Å². The van der Waals surface area contributed by atoms with Crippen molar-refractivity contribution < 1.29 is 0 Å². The highest BCUT2D eigenvalue weighted by molar-refractivity contribution is 14.1. The van der Waals surface area contributed by atoms with Crippen LogP contribution in [-0.2, 0) is 0 Å². The molecule has 2 rings (SSSR count). The molecule has 1 aromatic rings. The van der Waals surface area contributed by atoms with Crippen LogP contribution in [0.15, 0.2) is 18.2 Å². The number of nitrogens with zero attached hydrogens (tertiary/aromatic N) is 1. The second-order valence-electron chi connectivity index (χ2n) is 5.18. The second kappa shape index (κ2) is 5.57. The van der Waals surface area contributed by atoms with Gasteiger partial charge in [0.15, 0.2) is 0 Å². The van der Waals surface area contributed by atoms with Gasteiger partial charge in [-0.1, -0.05) is 6.07 Å². The smallest absolute Gasteiger partial charge is 0.0400 e. The van der Waals surface area contributed by atoms with Crippen molar-refractivity contribution in [1.82, 2.24) is 4.90 Å². The Morgan fingerprint density at radius 1 is 1.41 bits per heavy atom. The van der Waals surface area contributed by atoms with E-state index in [9.17, 15) is 0 Å². The van der Waals surface area contributed by atoms with Crippen molar-refractivity contribution in [1.29, 1.82) is 0 Å². The number of hydrogen-bond donors (Lipinski definition) is 1. The fraction of sp³-hybridized carbons (Fsp3) is 0.571. The van der Waals surface area contributed by atoms with Gasteiger partial charge in [0.1, 0.15) is 0 Å². The third-order valence-electron chi connectivity index (χ3n) is 3.51. The van der Waals surface area contributed by atoms with E-state index in [0.29, 0.717) is 12.1 Å². The van der Waals surface area contributed by atoms with Gasteiger partial charge in [-0.15, -0.1) is 0 Å². The van der Waals surface area contributed by atoms with Crippen LogP contribution in [0.25, 0.3) is 0 Å². The van der Waals surface area contributed by atoms with Gasteiger partial charge in [-0.2, -0.15) is 0 Å². The van der Waals surface area contributed by atoms with E-state index in [1.54, 1.807) is 0 Å². The van der Waals surface area contributed by atoms with Gasteiger partial charge in [0.25, 0.3) is 0 Å². The molecule has 17 heavy (non-hydrogen) atoms. The normalized spacial score (nSPS) is 21.1. The number of nitrogens with one attached hydrogen (secondary N) is 1. The van der Waals surface area contributed by atoms with E-state index in [1.807, 2.05) is 0 Å². The summed E-state index contributed by atoms with van der Waals surface area (Å²) in [5, 5.41) is 3.69. The van der Waals surface area contributed by atoms with Crippen LogP contribution in [0.2, 0.25) is 0 Å². The first-order valence-corrected chi connectivity index (χ1v) is 7.41. The highest BCUT2D eigenvalue weighted by Gasteiger charge is 2.24. The molecule has 0 aliphatic carbocycles. The van der Waals surface area contributed by atoms with Crippen molar-refractivity contribution in [3.63, 3.8) is 0 Å². The molecule has 0 saturated carbocycles. The van der Waals surface area contributed by atoms with E-state index in [1.165, 1.54) is 34.3 Å². The van der Waals surface area contributed by atoms with Crippen molar-refractivity contribution in [2.75, 3.05) is 18.4 Å². The number of rotatable bonds is 3. The molecule has 3 heteroatoms. The van der Waals surface area contributed by atoms with Crippen LogP contribution in [0.1, 0.15) is 25.8 Å². The van der Waals surface area contributed by atoms with Crippen molar-refractivity contribution in [2.45, 2.75) is 39.3 Å². The van der Waals surface area contributed by atoms with Gasteiger partial charge in [-0.05, 0) is 67.5 Å². The Balaban J connectivity index is 2.00. The average Bonchev–Trinajstić information content (AvgIpc) is 2.72. The van der Waals surface area contributed by atoms with Gasteiger partial charge in [-0.3, -0.25) is 4.90 Å². The third kappa shape index (κ3) is 3.35. The molecule has 1 aliphatic rings. The Hall–Kier alpha value is -0.290. The first-order valence-electron chi connectivity index (χ1n) is 6.33. The Labute approximate surface area is 118 Å². The molecule has 1 aromatic carbocycles. The van der Waals surface area contributed by atoms with Crippen molar-refractivity contribution >= 4 is 28.3 Å². The van der Waals surface area contributed by atoms with Crippen molar-refractivity contribution in [3.05, 3.63) is 27.3 Å². The van der Waals surface area contributed by atoms with Gasteiger partial charge in [0, 0.05) is 34.4 Å². The highest BCUT2D eigenvalue weighted by Crippen LogP contribution is 2.22. The summed E-state index contributed by atoms with van der Waals surface area (Å²) in [6.07, 6.45) is 1.25. The standard InChI is InChI=1S/C14H21IN2/c1-10(2)17-7-6-13(9-17)16-14-8-12(15)5-4-11(14)3/h4-5,8,10,13,16H,6-7,9H2,1-3H3. The molecular formula is C14H21IN2. The molecule has 1 fully saturated rings. The molecule has 1 unspecified atom stereocenters. The molecule has 94 valence electrons. The topological polar surface area (TPSA) is 15.3 Å². The van der Waals surface area contributed by atoms with Crippen LogP contribution in [0.3, 0.4) is 0 Å². The number of anilines is 1. The van der Waals surface area contributed by atoms with Gasteiger partial charge < -0.3 is 5.32 Å². The zero-order chi connectivity index (χ0) is 12.4. The summed E-state index contributed by atoms with van der Waals surface area (Å²) in [6, 6.07) is 7.87. The van der Waals surface area contributed by atoms with Crippen LogP contribution < -0.4 is 5.32 Å². The van der Waals surface area contributed by atoms with E-state index >= 15 is 0 Å². The fourth-order valence-electron chi connectivity index (χ4n) is 2.34. The number of hydrogen-bond acceptors (Lipinski definition) is 2. The molecule has 1 N–H and O–H groups in total. The molecule has 1 atom stereocenters. The van der Waals surface area contributed by atoms with Gasteiger partial charge in [0.05, 0.1) is 0 Å². The summed E-state index contributed by atoms with van der Waals surface area (Å²) < 4.78 is 1.30. The Morgan fingerprint density at radius 2 is 2.18 bits per heavy atom.